The second-order valence-corrected chi connectivity index (χ2v) is 9.47. The van der Waals surface area contributed by atoms with E-state index in [0.717, 1.165) is 60.6 Å². The van der Waals surface area contributed by atoms with Crippen molar-refractivity contribution in [2.45, 2.75) is 55.5 Å². The Morgan fingerprint density at radius 2 is 1.94 bits per heavy atom. The van der Waals surface area contributed by atoms with Gasteiger partial charge >= 0.3 is 5.97 Å². The van der Waals surface area contributed by atoms with Crippen LogP contribution in [0.3, 0.4) is 0 Å². The van der Waals surface area contributed by atoms with Crippen molar-refractivity contribution in [3.63, 3.8) is 0 Å². The fourth-order valence-corrected chi connectivity index (χ4v) is 5.59. The smallest absolute Gasteiger partial charge is 0.338 e. The average Bonchev–Trinajstić information content (AvgIpc) is 3.56. The highest BCUT2D eigenvalue weighted by molar-refractivity contribution is 7.98. The summed E-state index contributed by atoms with van der Waals surface area (Å²) in [5.41, 5.74) is 2.85. The van der Waals surface area contributed by atoms with Gasteiger partial charge in [-0.15, -0.1) is 11.8 Å². The van der Waals surface area contributed by atoms with Crippen LogP contribution >= 0.6 is 11.8 Å². The van der Waals surface area contributed by atoms with Crippen LogP contribution < -0.4 is 0 Å². The number of thioether (sulfide) groups is 1. The number of carboxylic acids is 1. The number of rotatable bonds is 7. The molecule has 2 aliphatic rings. The van der Waals surface area contributed by atoms with Crippen molar-refractivity contribution < 1.29 is 15.0 Å². The van der Waals surface area contributed by atoms with E-state index in [1.807, 2.05) is 24.3 Å². The van der Waals surface area contributed by atoms with Gasteiger partial charge in [0.25, 0.3) is 0 Å². The molecule has 1 aliphatic carbocycles. The number of piperidine rings is 1. The van der Waals surface area contributed by atoms with Crippen molar-refractivity contribution >= 4 is 28.6 Å². The first-order valence-corrected chi connectivity index (χ1v) is 12.0. The number of nitrogens with zero attached hydrogens (tertiary/aromatic N) is 3. The molecule has 0 unspecified atom stereocenters. The highest BCUT2D eigenvalue weighted by atomic mass is 32.2. The van der Waals surface area contributed by atoms with Crippen LogP contribution in [0.25, 0.3) is 10.9 Å². The molecule has 162 valence electrons. The first-order chi connectivity index (χ1) is 15.1. The van der Waals surface area contributed by atoms with Crippen LogP contribution in [0.4, 0.5) is 0 Å². The van der Waals surface area contributed by atoms with Crippen molar-refractivity contribution in [3.05, 3.63) is 53.3 Å². The number of hydrogen-bond donors (Lipinski definition) is 2. The van der Waals surface area contributed by atoms with Crippen LogP contribution in [0.2, 0.25) is 0 Å². The Labute approximate surface area is 185 Å². The number of carbonyl (C=O) groups is 1. The van der Waals surface area contributed by atoms with Crippen molar-refractivity contribution in [1.29, 1.82) is 0 Å². The molecule has 2 aromatic heterocycles. The predicted molar refractivity (Wildman–Crippen MR) is 122 cm³/mol. The lowest BCUT2D eigenvalue weighted by molar-refractivity contribution is 0.0697. The molecule has 0 atom stereocenters. The molecule has 0 bridgehead atoms. The average molecular weight is 438 g/mol. The summed E-state index contributed by atoms with van der Waals surface area (Å²) < 4.78 is 2.22. The molecular formula is C24H27N3O3S. The minimum absolute atomic E-state index is 0.192. The largest absolute Gasteiger partial charge is 0.508 e. The number of hydrogen-bond acceptors (Lipinski definition) is 5. The van der Waals surface area contributed by atoms with Gasteiger partial charge in [0.2, 0.25) is 0 Å². The number of likely N-dealkylation sites (tertiary alicyclic amines) is 1. The minimum atomic E-state index is -0.925. The second kappa shape index (κ2) is 8.55. The van der Waals surface area contributed by atoms with Crippen molar-refractivity contribution in [1.82, 2.24) is 14.5 Å². The van der Waals surface area contributed by atoms with Crippen LogP contribution in [0.15, 0.2) is 41.6 Å². The molecule has 3 aromatic rings. The number of aromatic nitrogens is 2. The summed E-state index contributed by atoms with van der Waals surface area (Å²) in [6.45, 7) is 2.57. The number of carboxylic acid groups (broad SMARTS) is 1. The summed E-state index contributed by atoms with van der Waals surface area (Å²) in [7, 11) is 0. The Kier molecular flexibility index (Phi) is 5.63. The third-order valence-corrected chi connectivity index (χ3v) is 7.26. The van der Waals surface area contributed by atoms with Gasteiger partial charge in [0.15, 0.2) is 0 Å². The summed E-state index contributed by atoms with van der Waals surface area (Å²) >= 11 is 1.56. The molecule has 3 heterocycles. The monoisotopic (exact) mass is 437 g/mol. The van der Waals surface area contributed by atoms with Gasteiger partial charge in [0.05, 0.1) is 10.6 Å². The van der Waals surface area contributed by atoms with Gasteiger partial charge in [0, 0.05) is 46.7 Å². The van der Waals surface area contributed by atoms with Crippen LogP contribution in [0.1, 0.15) is 59.8 Å². The highest BCUT2D eigenvalue weighted by Crippen LogP contribution is 2.45. The highest BCUT2D eigenvalue weighted by Gasteiger charge is 2.33. The molecule has 7 heteroatoms. The van der Waals surface area contributed by atoms with E-state index in [9.17, 15) is 15.0 Å². The zero-order valence-corrected chi connectivity index (χ0v) is 18.3. The molecule has 1 saturated heterocycles. The third-order valence-electron chi connectivity index (χ3n) is 6.31. The van der Waals surface area contributed by atoms with Gasteiger partial charge in [-0.2, -0.15) is 0 Å². The van der Waals surface area contributed by atoms with E-state index in [-0.39, 0.29) is 5.75 Å². The van der Waals surface area contributed by atoms with Gasteiger partial charge in [-0.25, -0.2) is 9.78 Å². The zero-order chi connectivity index (χ0) is 21.4. The molecule has 2 fully saturated rings. The van der Waals surface area contributed by atoms with Crippen LogP contribution in [0.5, 0.6) is 5.75 Å². The van der Waals surface area contributed by atoms with Gasteiger partial charge in [-0.1, -0.05) is 12.5 Å². The van der Waals surface area contributed by atoms with Crippen molar-refractivity contribution in [2.24, 2.45) is 0 Å². The Hall–Kier alpha value is -2.51. The summed E-state index contributed by atoms with van der Waals surface area (Å²) in [6, 6.07) is 9.74. The number of aromatic carboxylic acids is 1. The van der Waals surface area contributed by atoms with Crippen LogP contribution in [0, 0.1) is 0 Å². The Morgan fingerprint density at radius 3 is 2.61 bits per heavy atom. The maximum atomic E-state index is 12.5. The standard InChI is InChI=1S/C24H27N3O3S/c28-20-10-9-18-22(17(20)14-26-12-4-1-5-13-26)23(24(29)30)19(27(18)16-7-8-16)15-31-21-6-2-3-11-25-21/h2-3,6,9-11,16,28H,1,4-5,7-8,12-15H2,(H,29,30). The number of aromatic hydroxyl groups is 1. The maximum Gasteiger partial charge on any atom is 0.338 e. The van der Waals surface area contributed by atoms with Crippen molar-refractivity contribution in [2.75, 3.05) is 13.1 Å². The predicted octanol–water partition coefficient (Wildman–Crippen LogP) is 5.05. The topological polar surface area (TPSA) is 78.6 Å². The van der Waals surface area contributed by atoms with Crippen LogP contribution in [-0.2, 0) is 12.3 Å². The molecule has 6 nitrogen and oxygen atoms in total. The molecular weight excluding hydrogens is 410 g/mol. The van der Waals surface area contributed by atoms with E-state index in [1.54, 1.807) is 24.0 Å². The summed E-state index contributed by atoms with van der Waals surface area (Å²) in [5, 5.41) is 22.6. The SMILES string of the molecule is O=C(O)c1c(CSc2ccccn2)n(C2CC2)c2ccc(O)c(CN3CCCCC3)c12. The first-order valence-electron chi connectivity index (χ1n) is 11.0. The first kappa shape index (κ1) is 20.4. The van der Waals surface area contributed by atoms with Gasteiger partial charge in [0.1, 0.15) is 5.75 Å². The maximum absolute atomic E-state index is 12.5. The lowest BCUT2D eigenvalue weighted by atomic mass is 10.0. The molecule has 0 amide bonds. The van der Waals surface area contributed by atoms with Crippen molar-refractivity contribution in [3.8, 4) is 5.75 Å². The van der Waals surface area contributed by atoms with E-state index in [2.05, 4.69) is 14.5 Å². The molecule has 2 N–H and O–H groups in total. The summed E-state index contributed by atoms with van der Waals surface area (Å²) in [4.78, 5) is 19.2. The van der Waals surface area contributed by atoms with E-state index < -0.39 is 5.97 Å². The van der Waals surface area contributed by atoms with E-state index in [4.69, 9.17) is 0 Å². The normalized spacial score (nSPS) is 17.3. The molecule has 1 saturated carbocycles. The fraction of sp³-hybridized carbons (Fsp3) is 0.417. The number of fused-ring (bicyclic) bond motifs is 1. The minimum Gasteiger partial charge on any atom is -0.508 e. The second-order valence-electron chi connectivity index (χ2n) is 8.48. The molecule has 5 rings (SSSR count). The van der Waals surface area contributed by atoms with Gasteiger partial charge in [-0.05, 0) is 63.0 Å². The molecule has 0 spiro atoms. The van der Waals surface area contributed by atoms with E-state index in [1.165, 1.54) is 6.42 Å². The summed E-state index contributed by atoms with van der Waals surface area (Å²) in [6.07, 6.45) is 7.42. The molecule has 1 aliphatic heterocycles. The molecule has 31 heavy (non-hydrogen) atoms. The van der Waals surface area contributed by atoms with Gasteiger partial charge in [-0.3, -0.25) is 4.90 Å². The number of phenolic OH excluding ortho intramolecular Hbond substituents is 1. The Balaban J connectivity index is 1.63. The Bertz CT molecular complexity index is 1100. The molecule has 0 radical (unpaired) electrons. The van der Waals surface area contributed by atoms with Gasteiger partial charge < -0.3 is 14.8 Å². The fourth-order valence-electron chi connectivity index (χ4n) is 4.71. The number of phenols is 1. The van der Waals surface area contributed by atoms with Crippen LogP contribution in [-0.4, -0.2) is 43.7 Å². The quantitative estimate of drug-likeness (QED) is 0.504. The Morgan fingerprint density at radius 1 is 1.13 bits per heavy atom. The lowest BCUT2D eigenvalue weighted by Crippen LogP contribution is -2.29. The number of pyridine rings is 1. The third kappa shape index (κ3) is 4.04. The van der Waals surface area contributed by atoms with E-state index >= 15 is 0 Å². The summed E-state index contributed by atoms with van der Waals surface area (Å²) in [5.74, 6) is -0.197. The number of benzene rings is 1. The molecule has 1 aromatic carbocycles. The van der Waals surface area contributed by atoms with E-state index in [0.29, 0.717) is 29.3 Å². The zero-order valence-electron chi connectivity index (χ0n) is 17.5. The lowest BCUT2D eigenvalue weighted by Gasteiger charge is -2.27.